The van der Waals surface area contributed by atoms with E-state index in [1.54, 1.807) is 0 Å². The van der Waals surface area contributed by atoms with Crippen molar-refractivity contribution in [1.29, 1.82) is 0 Å². The topological polar surface area (TPSA) is 48.5 Å². The molecule has 1 amide bonds. The first-order valence-electron chi connectivity index (χ1n) is 8.00. The van der Waals surface area contributed by atoms with E-state index in [9.17, 15) is 4.79 Å². The normalized spacial score (nSPS) is 20.1. The fraction of sp³-hybridized carbons (Fsp3) is 0.625. The number of pyridine rings is 1. The summed E-state index contributed by atoms with van der Waals surface area (Å²) in [5.74, 6) is 0.995. The van der Waals surface area contributed by atoms with Crippen molar-refractivity contribution in [2.45, 2.75) is 26.2 Å². The number of amides is 1. The standard InChI is InChI=1S/C16H24N4O/c1-2-19-8-10-20(11-9-19)14-6-7-15(17-12-14)18-16(21)13-4-3-5-13/h6-7,12-13H,2-5,8-11H2,1H3,(H,17,18,21). The van der Waals surface area contributed by atoms with Gasteiger partial charge in [0.1, 0.15) is 5.82 Å². The molecule has 0 aromatic carbocycles. The summed E-state index contributed by atoms with van der Waals surface area (Å²) in [6.45, 7) is 7.63. The van der Waals surface area contributed by atoms with Gasteiger partial charge in [-0.25, -0.2) is 4.98 Å². The number of hydrogen-bond acceptors (Lipinski definition) is 4. The van der Waals surface area contributed by atoms with Crippen LogP contribution in [0, 0.1) is 5.92 Å². The number of piperazine rings is 1. The first-order chi connectivity index (χ1) is 10.3. The molecule has 0 atom stereocenters. The van der Waals surface area contributed by atoms with Crippen molar-refractivity contribution in [3.05, 3.63) is 18.3 Å². The predicted molar refractivity (Wildman–Crippen MR) is 84.5 cm³/mol. The van der Waals surface area contributed by atoms with E-state index in [-0.39, 0.29) is 11.8 Å². The highest BCUT2D eigenvalue weighted by atomic mass is 16.2. The minimum atomic E-state index is 0.123. The summed E-state index contributed by atoms with van der Waals surface area (Å²) in [4.78, 5) is 21.1. The third kappa shape index (κ3) is 3.35. The van der Waals surface area contributed by atoms with Gasteiger partial charge in [-0.1, -0.05) is 13.3 Å². The number of aromatic nitrogens is 1. The van der Waals surface area contributed by atoms with Crippen LogP contribution in [-0.2, 0) is 4.79 Å². The Hall–Kier alpha value is -1.62. The number of nitrogens with one attached hydrogen (secondary N) is 1. The maximum absolute atomic E-state index is 11.9. The van der Waals surface area contributed by atoms with E-state index in [4.69, 9.17) is 0 Å². The molecule has 1 saturated heterocycles. The zero-order chi connectivity index (χ0) is 14.7. The molecule has 21 heavy (non-hydrogen) atoms. The summed E-state index contributed by atoms with van der Waals surface area (Å²) in [6, 6.07) is 3.98. The van der Waals surface area contributed by atoms with Crippen LogP contribution in [-0.4, -0.2) is 48.5 Å². The van der Waals surface area contributed by atoms with Crippen molar-refractivity contribution >= 4 is 17.4 Å². The van der Waals surface area contributed by atoms with Gasteiger partial charge in [0.2, 0.25) is 5.91 Å². The maximum Gasteiger partial charge on any atom is 0.228 e. The van der Waals surface area contributed by atoms with Gasteiger partial charge in [0, 0.05) is 32.1 Å². The lowest BCUT2D eigenvalue weighted by atomic mass is 9.85. The van der Waals surface area contributed by atoms with Gasteiger partial charge in [0.15, 0.2) is 0 Å². The molecule has 2 heterocycles. The van der Waals surface area contributed by atoms with Crippen molar-refractivity contribution in [2.75, 3.05) is 42.9 Å². The molecule has 1 saturated carbocycles. The Morgan fingerprint density at radius 1 is 1.29 bits per heavy atom. The Kier molecular flexibility index (Phi) is 4.39. The van der Waals surface area contributed by atoms with E-state index in [1.165, 1.54) is 6.42 Å². The van der Waals surface area contributed by atoms with Crippen LogP contribution in [0.2, 0.25) is 0 Å². The van der Waals surface area contributed by atoms with Crippen molar-refractivity contribution in [1.82, 2.24) is 9.88 Å². The second-order valence-corrected chi connectivity index (χ2v) is 5.94. The molecule has 1 aromatic rings. The van der Waals surface area contributed by atoms with E-state index in [1.807, 2.05) is 12.3 Å². The Morgan fingerprint density at radius 3 is 2.57 bits per heavy atom. The molecule has 5 nitrogen and oxygen atoms in total. The smallest absolute Gasteiger partial charge is 0.228 e. The van der Waals surface area contributed by atoms with Crippen LogP contribution in [0.25, 0.3) is 0 Å². The lowest BCUT2D eigenvalue weighted by Gasteiger charge is -2.35. The maximum atomic E-state index is 11.9. The van der Waals surface area contributed by atoms with Crippen molar-refractivity contribution in [3.63, 3.8) is 0 Å². The van der Waals surface area contributed by atoms with Gasteiger partial charge < -0.3 is 15.1 Å². The molecule has 1 aromatic heterocycles. The summed E-state index contributed by atoms with van der Waals surface area (Å²) < 4.78 is 0. The summed E-state index contributed by atoms with van der Waals surface area (Å²) in [7, 11) is 0. The lowest BCUT2D eigenvalue weighted by Crippen LogP contribution is -2.46. The van der Waals surface area contributed by atoms with Crippen molar-refractivity contribution in [2.24, 2.45) is 5.92 Å². The minimum absolute atomic E-state index is 0.123. The number of hydrogen-bond donors (Lipinski definition) is 1. The first-order valence-corrected chi connectivity index (χ1v) is 8.00. The highest BCUT2D eigenvalue weighted by Crippen LogP contribution is 2.27. The van der Waals surface area contributed by atoms with Gasteiger partial charge in [0.25, 0.3) is 0 Å². The highest BCUT2D eigenvalue weighted by molar-refractivity contribution is 5.92. The molecule has 1 aliphatic heterocycles. The Balaban J connectivity index is 1.55. The highest BCUT2D eigenvalue weighted by Gasteiger charge is 2.25. The van der Waals surface area contributed by atoms with Gasteiger partial charge in [-0.05, 0) is 31.5 Å². The van der Waals surface area contributed by atoms with Gasteiger partial charge >= 0.3 is 0 Å². The van der Waals surface area contributed by atoms with Crippen LogP contribution in [0.15, 0.2) is 18.3 Å². The second kappa shape index (κ2) is 6.43. The molecular weight excluding hydrogens is 264 g/mol. The third-order valence-corrected chi connectivity index (χ3v) is 4.66. The quantitative estimate of drug-likeness (QED) is 0.920. The predicted octanol–water partition coefficient (Wildman–Crippen LogP) is 1.96. The fourth-order valence-corrected chi connectivity index (χ4v) is 2.87. The van der Waals surface area contributed by atoms with Gasteiger partial charge in [-0.2, -0.15) is 0 Å². The van der Waals surface area contributed by atoms with E-state index in [0.29, 0.717) is 5.82 Å². The summed E-state index contributed by atoms with van der Waals surface area (Å²) in [5.41, 5.74) is 1.15. The Morgan fingerprint density at radius 2 is 2.05 bits per heavy atom. The molecular formula is C16H24N4O. The number of likely N-dealkylation sites (N-methyl/N-ethyl adjacent to an activating group) is 1. The molecule has 114 valence electrons. The van der Waals surface area contributed by atoms with Crippen LogP contribution < -0.4 is 10.2 Å². The summed E-state index contributed by atoms with van der Waals surface area (Å²) in [5, 5.41) is 2.91. The molecule has 0 spiro atoms. The number of carbonyl (C=O) groups excluding carboxylic acids is 1. The third-order valence-electron chi connectivity index (χ3n) is 4.66. The van der Waals surface area contributed by atoms with E-state index in [0.717, 1.165) is 51.3 Å². The number of rotatable bonds is 4. The van der Waals surface area contributed by atoms with E-state index >= 15 is 0 Å². The zero-order valence-electron chi connectivity index (χ0n) is 12.7. The number of carbonyl (C=O) groups is 1. The van der Waals surface area contributed by atoms with Crippen LogP contribution in [0.5, 0.6) is 0 Å². The lowest BCUT2D eigenvalue weighted by molar-refractivity contribution is -0.122. The van der Waals surface area contributed by atoms with Gasteiger partial charge in [-0.15, -0.1) is 0 Å². The van der Waals surface area contributed by atoms with Crippen molar-refractivity contribution in [3.8, 4) is 0 Å². The van der Waals surface area contributed by atoms with E-state index < -0.39 is 0 Å². The molecule has 0 bridgehead atoms. The first kappa shape index (κ1) is 14.3. The Labute approximate surface area is 126 Å². The zero-order valence-corrected chi connectivity index (χ0v) is 12.7. The van der Waals surface area contributed by atoms with Crippen LogP contribution >= 0.6 is 0 Å². The van der Waals surface area contributed by atoms with E-state index in [2.05, 4.69) is 33.1 Å². The number of anilines is 2. The van der Waals surface area contributed by atoms with Crippen LogP contribution in [0.1, 0.15) is 26.2 Å². The van der Waals surface area contributed by atoms with Gasteiger partial charge in [0.05, 0.1) is 11.9 Å². The summed E-state index contributed by atoms with van der Waals surface area (Å²) in [6.07, 6.45) is 5.09. The molecule has 0 unspecified atom stereocenters. The van der Waals surface area contributed by atoms with Crippen molar-refractivity contribution < 1.29 is 4.79 Å². The van der Waals surface area contributed by atoms with Crippen LogP contribution in [0.4, 0.5) is 11.5 Å². The molecule has 2 aliphatic rings. The largest absolute Gasteiger partial charge is 0.368 e. The molecule has 2 fully saturated rings. The van der Waals surface area contributed by atoms with Crippen LogP contribution in [0.3, 0.4) is 0 Å². The molecule has 5 heteroatoms. The SMILES string of the molecule is CCN1CCN(c2ccc(NC(=O)C3CCC3)nc2)CC1. The average molecular weight is 288 g/mol. The molecule has 1 N–H and O–H groups in total. The number of nitrogens with zero attached hydrogens (tertiary/aromatic N) is 3. The fourth-order valence-electron chi connectivity index (χ4n) is 2.87. The monoisotopic (exact) mass is 288 g/mol. The molecule has 3 rings (SSSR count). The summed E-state index contributed by atoms with van der Waals surface area (Å²) >= 11 is 0. The van der Waals surface area contributed by atoms with Gasteiger partial charge in [-0.3, -0.25) is 4.79 Å². The minimum Gasteiger partial charge on any atom is -0.368 e. The second-order valence-electron chi connectivity index (χ2n) is 5.94. The molecule has 0 radical (unpaired) electrons. The molecule has 1 aliphatic carbocycles. The Bertz CT molecular complexity index is 476. The average Bonchev–Trinajstić information content (AvgIpc) is 2.46.